The van der Waals surface area contributed by atoms with E-state index in [0.29, 0.717) is 17.9 Å². The van der Waals surface area contributed by atoms with Crippen LogP contribution in [0.4, 0.5) is 5.69 Å². The number of carbonyl (C=O) groups is 3. The molecule has 1 aliphatic rings. The number of imide groups is 1. The van der Waals surface area contributed by atoms with Crippen LogP contribution in [-0.4, -0.2) is 36.3 Å². The van der Waals surface area contributed by atoms with Crippen molar-refractivity contribution in [3.8, 4) is 5.75 Å². The summed E-state index contributed by atoms with van der Waals surface area (Å²) in [5, 5.41) is 2.73. The van der Waals surface area contributed by atoms with Crippen LogP contribution in [0.1, 0.15) is 33.2 Å². The third kappa shape index (κ3) is 3.24. The third-order valence-electron chi connectivity index (χ3n) is 3.99. The summed E-state index contributed by atoms with van der Waals surface area (Å²) >= 11 is 0. The number of carbonyl (C=O) groups excluding carboxylic acids is 3. The molecule has 6 nitrogen and oxygen atoms in total. The van der Waals surface area contributed by atoms with Crippen LogP contribution >= 0.6 is 0 Å². The molecule has 0 radical (unpaired) electrons. The summed E-state index contributed by atoms with van der Waals surface area (Å²) in [6.07, 6.45) is 0.161. The Morgan fingerprint density at radius 2 is 1.80 bits per heavy atom. The number of benzene rings is 2. The highest BCUT2D eigenvalue weighted by Gasteiger charge is 2.35. The van der Waals surface area contributed by atoms with Crippen molar-refractivity contribution in [3.05, 3.63) is 59.2 Å². The van der Waals surface area contributed by atoms with E-state index < -0.39 is 5.91 Å². The fourth-order valence-corrected chi connectivity index (χ4v) is 2.76. The monoisotopic (exact) mass is 338 g/mol. The molecule has 3 rings (SSSR count). The summed E-state index contributed by atoms with van der Waals surface area (Å²) in [5.74, 6) is -0.272. The molecule has 3 amide bonds. The summed E-state index contributed by atoms with van der Waals surface area (Å²) in [6.45, 7) is 2.49. The van der Waals surface area contributed by atoms with Gasteiger partial charge < -0.3 is 10.1 Å². The molecule has 1 heterocycles. The van der Waals surface area contributed by atoms with Crippen LogP contribution in [0.2, 0.25) is 0 Å². The number of rotatable bonds is 5. The van der Waals surface area contributed by atoms with Crippen molar-refractivity contribution in [2.45, 2.75) is 13.3 Å². The van der Waals surface area contributed by atoms with Crippen molar-refractivity contribution in [2.24, 2.45) is 0 Å². The Morgan fingerprint density at radius 3 is 2.48 bits per heavy atom. The van der Waals surface area contributed by atoms with Crippen molar-refractivity contribution in [2.75, 3.05) is 19.0 Å². The van der Waals surface area contributed by atoms with Gasteiger partial charge in [-0.05, 0) is 36.8 Å². The van der Waals surface area contributed by atoms with Crippen LogP contribution in [0.25, 0.3) is 0 Å². The molecule has 0 aromatic heterocycles. The van der Waals surface area contributed by atoms with Gasteiger partial charge in [0.2, 0.25) is 5.91 Å². The van der Waals surface area contributed by atoms with Gasteiger partial charge in [-0.1, -0.05) is 18.2 Å². The Labute approximate surface area is 145 Å². The number of nitrogens with zero attached hydrogens (tertiary/aromatic N) is 1. The average molecular weight is 338 g/mol. The van der Waals surface area contributed by atoms with Gasteiger partial charge in [-0.15, -0.1) is 0 Å². The number of fused-ring (bicyclic) bond motifs is 1. The minimum Gasteiger partial charge on any atom is -0.494 e. The predicted octanol–water partition coefficient (Wildman–Crippen LogP) is 2.49. The quantitative estimate of drug-likeness (QED) is 0.850. The van der Waals surface area contributed by atoms with Crippen LogP contribution in [0.3, 0.4) is 0 Å². The Morgan fingerprint density at radius 1 is 1.08 bits per heavy atom. The van der Waals surface area contributed by atoms with Crippen molar-refractivity contribution >= 4 is 23.4 Å². The molecule has 0 unspecified atom stereocenters. The lowest BCUT2D eigenvalue weighted by atomic mass is 10.1. The van der Waals surface area contributed by atoms with Crippen molar-refractivity contribution < 1.29 is 19.1 Å². The molecule has 25 heavy (non-hydrogen) atoms. The molecule has 0 fully saturated rings. The second kappa shape index (κ2) is 6.76. The second-order valence-electron chi connectivity index (χ2n) is 5.70. The molecule has 0 bridgehead atoms. The van der Waals surface area contributed by atoms with E-state index in [9.17, 15) is 14.4 Å². The summed E-state index contributed by atoms with van der Waals surface area (Å²) in [7, 11) is 1.43. The summed E-state index contributed by atoms with van der Waals surface area (Å²) in [5.41, 5.74) is 1.74. The maximum atomic E-state index is 12.3. The maximum absolute atomic E-state index is 12.3. The molecule has 1 aliphatic heterocycles. The molecule has 1 N–H and O–H groups in total. The topological polar surface area (TPSA) is 75.7 Å². The predicted molar refractivity (Wildman–Crippen MR) is 92.8 cm³/mol. The van der Waals surface area contributed by atoms with Crippen molar-refractivity contribution in [3.63, 3.8) is 0 Å². The first kappa shape index (κ1) is 16.7. The zero-order chi connectivity index (χ0) is 18.0. The summed E-state index contributed by atoms with van der Waals surface area (Å²) < 4.78 is 5.37. The van der Waals surface area contributed by atoms with Crippen LogP contribution in [0.5, 0.6) is 5.75 Å². The normalized spacial score (nSPS) is 13.0. The van der Waals surface area contributed by atoms with E-state index in [2.05, 4.69) is 5.32 Å². The molecule has 0 saturated heterocycles. The smallest absolute Gasteiger partial charge is 0.263 e. The van der Waals surface area contributed by atoms with Crippen LogP contribution in [0.15, 0.2) is 42.5 Å². The fourth-order valence-electron chi connectivity index (χ4n) is 2.76. The first-order valence-electron chi connectivity index (χ1n) is 7.98. The van der Waals surface area contributed by atoms with Gasteiger partial charge in [0, 0.05) is 7.05 Å². The van der Waals surface area contributed by atoms with Crippen molar-refractivity contribution in [1.29, 1.82) is 0 Å². The molecule has 6 heteroatoms. The molecule has 0 aliphatic carbocycles. The Balaban J connectivity index is 1.74. The highest BCUT2D eigenvalue weighted by molar-refractivity contribution is 6.24. The highest BCUT2D eigenvalue weighted by Crippen LogP contribution is 2.28. The zero-order valence-corrected chi connectivity index (χ0v) is 14.0. The van der Waals surface area contributed by atoms with E-state index in [1.54, 1.807) is 18.2 Å². The number of nitrogens with one attached hydrogen (secondary N) is 1. The van der Waals surface area contributed by atoms with E-state index in [1.807, 2.05) is 31.2 Å². The minimum absolute atomic E-state index is 0.161. The van der Waals surface area contributed by atoms with Gasteiger partial charge in [0.1, 0.15) is 5.75 Å². The Kier molecular flexibility index (Phi) is 4.52. The average Bonchev–Trinajstić information content (AvgIpc) is 2.82. The molecular weight excluding hydrogens is 320 g/mol. The Hall–Kier alpha value is -3.15. The standard InChI is InChI=1S/C19H18N2O4/c1-3-25-13-9-7-12(8-10-13)11-16(22)20-15-6-4-5-14-17(15)19(24)21(2)18(14)23/h4-10H,3,11H2,1-2H3,(H,20,22). The first-order chi connectivity index (χ1) is 12.0. The molecule has 2 aromatic carbocycles. The van der Waals surface area contributed by atoms with E-state index in [0.717, 1.165) is 16.2 Å². The van der Waals surface area contributed by atoms with Gasteiger partial charge >= 0.3 is 0 Å². The van der Waals surface area contributed by atoms with Gasteiger partial charge in [-0.3, -0.25) is 19.3 Å². The van der Waals surface area contributed by atoms with Gasteiger partial charge in [0.15, 0.2) is 0 Å². The number of hydrogen-bond acceptors (Lipinski definition) is 4. The fraction of sp³-hybridized carbons (Fsp3) is 0.211. The lowest BCUT2D eigenvalue weighted by Gasteiger charge is -2.09. The number of amides is 3. The zero-order valence-electron chi connectivity index (χ0n) is 14.0. The van der Waals surface area contributed by atoms with Gasteiger partial charge in [-0.2, -0.15) is 0 Å². The lowest BCUT2D eigenvalue weighted by Crippen LogP contribution is -2.24. The minimum atomic E-state index is -0.406. The third-order valence-corrected chi connectivity index (χ3v) is 3.99. The largest absolute Gasteiger partial charge is 0.494 e. The van der Waals surface area contributed by atoms with E-state index in [-0.39, 0.29) is 23.8 Å². The van der Waals surface area contributed by atoms with Gasteiger partial charge in [-0.25, -0.2) is 0 Å². The van der Waals surface area contributed by atoms with E-state index >= 15 is 0 Å². The summed E-state index contributed by atoms with van der Waals surface area (Å²) in [4.78, 5) is 37.6. The van der Waals surface area contributed by atoms with Crippen LogP contribution in [0, 0.1) is 0 Å². The van der Waals surface area contributed by atoms with E-state index in [4.69, 9.17) is 4.74 Å². The second-order valence-corrected chi connectivity index (χ2v) is 5.70. The molecular formula is C19H18N2O4. The van der Waals surface area contributed by atoms with Crippen molar-refractivity contribution in [1.82, 2.24) is 4.90 Å². The number of ether oxygens (including phenoxy) is 1. The molecule has 0 saturated carbocycles. The lowest BCUT2D eigenvalue weighted by molar-refractivity contribution is -0.115. The van der Waals surface area contributed by atoms with Crippen LogP contribution in [-0.2, 0) is 11.2 Å². The van der Waals surface area contributed by atoms with Gasteiger partial charge in [0.25, 0.3) is 11.8 Å². The molecule has 0 atom stereocenters. The Bertz CT molecular complexity index is 843. The molecule has 0 spiro atoms. The SMILES string of the molecule is CCOc1ccc(CC(=O)Nc2cccc3c2C(=O)N(C)C3=O)cc1. The molecule has 128 valence electrons. The first-order valence-corrected chi connectivity index (χ1v) is 7.98. The van der Waals surface area contributed by atoms with E-state index in [1.165, 1.54) is 7.05 Å². The number of anilines is 1. The number of hydrogen-bond donors (Lipinski definition) is 1. The van der Waals surface area contributed by atoms with Crippen LogP contribution < -0.4 is 10.1 Å². The summed E-state index contributed by atoms with van der Waals surface area (Å²) in [6, 6.07) is 12.1. The van der Waals surface area contributed by atoms with Gasteiger partial charge in [0.05, 0.1) is 29.8 Å². The molecule has 2 aromatic rings. The maximum Gasteiger partial charge on any atom is 0.263 e. The highest BCUT2D eigenvalue weighted by atomic mass is 16.5.